The number of aromatic hydroxyl groups is 1. The van der Waals surface area contributed by atoms with Crippen LogP contribution in [-0.4, -0.2) is 29.2 Å². The van der Waals surface area contributed by atoms with Gasteiger partial charge in [-0.15, -0.1) is 0 Å². The minimum Gasteiger partial charge on any atom is -0.506 e. The molecule has 0 radical (unpaired) electrons. The van der Waals surface area contributed by atoms with E-state index in [1.165, 1.54) is 12.1 Å². The van der Waals surface area contributed by atoms with Crippen LogP contribution in [0.15, 0.2) is 18.2 Å². The van der Waals surface area contributed by atoms with Gasteiger partial charge in [0.25, 0.3) is 5.69 Å². The number of hydrogen-bond donors (Lipinski definition) is 2. The molecule has 1 heterocycles. The Morgan fingerprint density at radius 1 is 1.45 bits per heavy atom. The highest BCUT2D eigenvalue weighted by atomic mass is 16.6. The highest BCUT2D eigenvalue weighted by Crippen LogP contribution is 2.28. The Labute approximate surface area is 115 Å². The molecule has 1 aromatic rings. The van der Waals surface area contributed by atoms with Gasteiger partial charge in [0.05, 0.1) is 10.6 Å². The van der Waals surface area contributed by atoms with Crippen molar-refractivity contribution in [3.8, 4) is 5.75 Å². The molecule has 0 bridgehead atoms. The minimum absolute atomic E-state index is 0.0660. The van der Waals surface area contributed by atoms with Gasteiger partial charge in [-0.25, -0.2) is 0 Å². The number of rotatable bonds is 4. The first kappa shape index (κ1) is 14.3. The molecular formula is C13H16N2O5. The van der Waals surface area contributed by atoms with Gasteiger partial charge in [-0.3, -0.25) is 14.9 Å². The molecule has 7 nitrogen and oxygen atoms in total. The molecule has 1 aliphatic heterocycles. The van der Waals surface area contributed by atoms with Crippen molar-refractivity contribution < 1.29 is 19.6 Å². The second-order valence-corrected chi connectivity index (χ2v) is 4.77. The molecule has 0 aromatic heterocycles. The summed E-state index contributed by atoms with van der Waals surface area (Å²) >= 11 is 0. The number of benzene rings is 1. The van der Waals surface area contributed by atoms with Gasteiger partial charge < -0.3 is 15.2 Å². The molecule has 0 saturated carbocycles. The summed E-state index contributed by atoms with van der Waals surface area (Å²) in [4.78, 5) is 22.0. The number of phenolic OH excluding ortho intramolecular Hbond substituents is 1. The average molecular weight is 280 g/mol. The van der Waals surface area contributed by atoms with Gasteiger partial charge in [-0.1, -0.05) is 0 Å². The van der Waals surface area contributed by atoms with Crippen LogP contribution in [0.1, 0.15) is 19.3 Å². The summed E-state index contributed by atoms with van der Waals surface area (Å²) in [5, 5.41) is 22.8. The van der Waals surface area contributed by atoms with E-state index >= 15 is 0 Å². The Bertz CT molecular complexity index is 511. The highest BCUT2D eigenvalue weighted by molar-refractivity contribution is 5.92. The van der Waals surface area contributed by atoms with Crippen LogP contribution < -0.4 is 5.32 Å². The van der Waals surface area contributed by atoms with E-state index < -0.39 is 4.92 Å². The summed E-state index contributed by atoms with van der Waals surface area (Å²) in [5.74, 6) is -0.187. The molecule has 0 aliphatic carbocycles. The lowest BCUT2D eigenvalue weighted by atomic mass is 9.96. The van der Waals surface area contributed by atoms with Crippen LogP contribution in [0.25, 0.3) is 0 Å². The number of carbonyl (C=O) groups is 1. The Morgan fingerprint density at radius 3 is 2.80 bits per heavy atom. The quantitative estimate of drug-likeness (QED) is 0.499. The molecule has 1 aromatic carbocycles. The maximum Gasteiger partial charge on any atom is 0.271 e. The normalized spacial score (nSPS) is 15.8. The SMILES string of the molecule is O=C(CC1CCOCC1)Nc1cc([N+](=O)[O-])ccc1O. The van der Waals surface area contributed by atoms with E-state index in [1.807, 2.05) is 0 Å². The van der Waals surface area contributed by atoms with Crippen molar-refractivity contribution in [2.24, 2.45) is 5.92 Å². The number of non-ortho nitro benzene ring substituents is 1. The fourth-order valence-corrected chi connectivity index (χ4v) is 2.15. The van der Waals surface area contributed by atoms with Gasteiger partial charge in [0.15, 0.2) is 0 Å². The summed E-state index contributed by atoms with van der Waals surface area (Å²) in [5.41, 5.74) is -0.111. The third kappa shape index (κ3) is 3.67. The number of amides is 1. The van der Waals surface area contributed by atoms with Gasteiger partial charge in [0.2, 0.25) is 5.91 Å². The molecule has 1 saturated heterocycles. The van der Waals surface area contributed by atoms with Gasteiger partial charge in [0.1, 0.15) is 5.75 Å². The molecule has 7 heteroatoms. The van der Waals surface area contributed by atoms with E-state index in [0.717, 1.165) is 18.9 Å². The molecule has 0 unspecified atom stereocenters. The second-order valence-electron chi connectivity index (χ2n) is 4.77. The van der Waals surface area contributed by atoms with Crippen molar-refractivity contribution in [2.75, 3.05) is 18.5 Å². The minimum atomic E-state index is -0.576. The van der Waals surface area contributed by atoms with Crippen molar-refractivity contribution in [1.29, 1.82) is 0 Å². The predicted octanol–water partition coefficient (Wildman–Crippen LogP) is 2.06. The van der Waals surface area contributed by atoms with Crippen molar-refractivity contribution in [2.45, 2.75) is 19.3 Å². The summed E-state index contributed by atoms with van der Waals surface area (Å²) in [6.45, 7) is 1.31. The summed E-state index contributed by atoms with van der Waals surface area (Å²) in [6.07, 6.45) is 1.98. The zero-order chi connectivity index (χ0) is 14.5. The molecule has 1 fully saturated rings. The van der Waals surface area contributed by atoms with E-state index in [2.05, 4.69) is 5.32 Å². The van der Waals surface area contributed by atoms with Crippen LogP contribution in [0, 0.1) is 16.0 Å². The first-order valence-electron chi connectivity index (χ1n) is 6.41. The number of nitrogens with zero attached hydrogens (tertiary/aromatic N) is 1. The lowest BCUT2D eigenvalue weighted by Gasteiger charge is -2.21. The molecule has 0 spiro atoms. The predicted molar refractivity (Wildman–Crippen MR) is 71.6 cm³/mol. The molecule has 0 atom stereocenters. The Morgan fingerprint density at radius 2 is 2.15 bits per heavy atom. The van der Waals surface area contributed by atoms with E-state index in [9.17, 15) is 20.0 Å². The van der Waals surface area contributed by atoms with Crippen LogP contribution in [0.2, 0.25) is 0 Å². The number of nitro benzene ring substituents is 1. The first-order valence-corrected chi connectivity index (χ1v) is 6.41. The number of carbonyl (C=O) groups excluding carboxylic acids is 1. The van der Waals surface area contributed by atoms with Crippen molar-refractivity contribution in [3.05, 3.63) is 28.3 Å². The Hall–Kier alpha value is -2.15. The number of ether oxygens (including phenoxy) is 1. The Balaban J connectivity index is 1.99. The van der Waals surface area contributed by atoms with Crippen molar-refractivity contribution >= 4 is 17.3 Å². The molecular weight excluding hydrogens is 264 g/mol. The van der Waals surface area contributed by atoms with Crippen LogP contribution in [0.5, 0.6) is 5.75 Å². The summed E-state index contributed by atoms with van der Waals surface area (Å²) in [7, 11) is 0. The largest absolute Gasteiger partial charge is 0.506 e. The van der Waals surface area contributed by atoms with Crippen LogP contribution in [0.4, 0.5) is 11.4 Å². The molecule has 2 rings (SSSR count). The van der Waals surface area contributed by atoms with Gasteiger partial charge >= 0.3 is 0 Å². The number of phenols is 1. The maximum atomic E-state index is 11.9. The van der Waals surface area contributed by atoms with E-state index in [1.54, 1.807) is 0 Å². The van der Waals surface area contributed by atoms with Gasteiger partial charge in [-0.05, 0) is 24.8 Å². The van der Waals surface area contributed by atoms with Crippen LogP contribution >= 0.6 is 0 Å². The topological polar surface area (TPSA) is 102 Å². The van der Waals surface area contributed by atoms with Crippen molar-refractivity contribution in [3.63, 3.8) is 0 Å². The third-order valence-electron chi connectivity index (χ3n) is 3.28. The lowest BCUT2D eigenvalue weighted by molar-refractivity contribution is -0.384. The monoisotopic (exact) mass is 280 g/mol. The van der Waals surface area contributed by atoms with E-state index in [-0.39, 0.29) is 28.9 Å². The molecule has 20 heavy (non-hydrogen) atoms. The standard InChI is InChI=1S/C13H16N2O5/c16-12-2-1-10(15(18)19)8-11(12)14-13(17)7-9-3-5-20-6-4-9/h1-2,8-9,16H,3-7H2,(H,14,17). The molecule has 2 N–H and O–H groups in total. The highest BCUT2D eigenvalue weighted by Gasteiger charge is 2.19. The molecule has 1 amide bonds. The molecule has 1 aliphatic rings. The number of hydrogen-bond acceptors (Lipinski definition) is 5. The summed E-state index contributed by atoms with van der Waals surface area (Å²) < 4.78 is 5.21. The van der Waals surface area contributed by atoms with Crippen molar-refractivity contribution in [1.82, 2.24) is 0 Å². The van der Waals surface area contributed by atoms with Crippen LogP contribution in [-0.2, 0) is 9.53 Å². The number of anilines is 1. The summed E-state index contributed by atoms with van der Waals surface area (Å²) in [6, 6.07) is 3.53. The second kappa shape index (κ2) is 6.33. The van der Waals surface area contributed by atoms with Crippen LogP contribution in [0.3, 0.4) is 0 Å². The van der Waals surface area contributed by atoms with E-state index in [4.69, 9.17) is 4.74 Å². The number of nitro groups is 1. The number of nitrogens with one attached hydrogen (secondary N) is 1. The zero-order valence-electron chi connectivity index (χ0n) is 10.9. The van der Waals surface area contributed by atoms with E-state index in [0.29, 0.717) is 19.6 Å². The third-order valence-corrected chi connectivity index (χ3v) is 3.28. The lowest BCUT2D eigenvalue weighted by Crippen LogP contribution is -2.22. The maximum absolute atomic E-state index is 11.9. The fourth-order valence-electron chi connectivity index (χ4n) is 2.15. The fraction of sp³-hybridized carbons (Fsp3) is 0.462. The average Bonchev–Trinajstić information content (AvgIpc) is 2.42. The first-order chi connectivity index (χ1) is 9.56. The zero-order valence-corrected chi connectivity index (χ0v) is 10.9. The molecule has 108 valence electrons. The van der Waals surface area contributed by atoms with Gasteiger partial charge in [0, 0.05) is 31.8 Å². The smallest absolute Gasteiger partial charge is 0.271 e. The van der Waals surface area contributed by atoms with Gasteiger partial charge in [-0.2, -0.15) is 0 Å². The Kier molecular flexibility index (Phi) is 4.52.